The molecule has 10 heteroatoms. The Morgan fingerprint density at radius 1 is 0.881 bits per heavy atom. The highest BCUT2D eigenvalue weighted by molar-refractivity contribution is 9.10. The Labute approximate surface area is 260 Å². The molecular formula is C32H31BrClN3O4S. The number of likely N-dealkylation sites (N-methyl/N-ethyl adjacent to an activating group) is 1. The number of anilines is 1. The van der Waals surface area contributed by atoms with Crippen LogP contribution in [-0.2, 0) is 32.6 Å². The maximum atomic E-state index is 14.3. The van der Waals surface area contributed by atoms with E-state index in [4.69, 9.17) is 11.6 Å². The van der Waals surface area contributed by atoms with Gasteiger partial charge in [0, 0.05) is 29.5 Å². The summed E-state index contributed by atoms with van der Waals surface area (Å²) in [6.45, 7) is 1.41. The molecule has 4 aromatic carbocycles. The van der Waals surface area contributed by atoms with Crippen molar-refractivity contribution in [2.24, 2.45) is 0 Å². The van der Waals surface area contributed by atoms with Crippen molar-refractivity contribution in [1.29, 1.82) is 0 Å². The zero-order valence-corrected chi connectivity index (χ0v) is 26.4. The van der Waals surface area contributed by atoms with Crippen molar-refractivity contribution in [1.82, 2.24) is 10.2 Å². The Morgan fingerprint density at radius 2 is 1.55 bits per heavy atom. The van der Waals surface area contributed by atoms with E-state index in [2.05, 4.69) is 21.2 Å². The third-order valence-electron chi connectivity index (χ3n) is 6.77. The van der Waals surface area contributed by atoms with E-state index in [0.717, 1.165) is 21.0 Å². The van der Waals surface area contributed by atoms with Crippen LogP contribution in [0.15, 0.2) is 112 Å². The van der Waals surface area contributed by atoms with Gasteiger partial charge in [-0.15, -0.1) is 0 Å². The van der Waals surface area contributed by atoms with Crippen LogP contribution in [0.3, 0.4) is 0 Å². The van der Waals surface area contributed by atoms with Crippen molar-refractivity contribution in [2.75, 3.05) is 17.9 Å². The van der Waals surface area contributed by atoms with Crippen LogP contribution >= 0.6 is 27.5 Å². The first-order valence-corrected chi connectivity index (χ1v) is 15.8. The minimum Gasteiger partial charge on any atom is -0.357 e. The molecule has 4 rings (SSSR count). The molecular weight excluding hydrogens is 638 g/mol. The van der Waals surface area contributed by atoms with Gasteiger partial charge in [0.1, 0.15) is 12.6 Å². The van der Waals surface area contributed by atoms with E-state index >= 15 is 0 Å². The van der Waals surface area contributed by atoms with Gasteiger partial charge in [-0.3, -0.25) is 13.9 Å². The largest absolute Gasteiger partial charge is 0.357 e. The van der Waals surface area contributed by atoms with Crippen molar-refractivity contribution in [2.45, 2.75) is 30.8 Å². The Morgan fingerprint density at radius 3 is 2.17 bits per heavy atom. The first kappa shape index (κ1) is 31.3. The molecule has 1 N–H and O–H groups in total. The normalized spacial score (nSPS) is 11.9. The second kappa shape index (κ2) is 14.0. The highest BCUT2D eigenvalue weighted by Crippen LogP contribution is 2.27. The second-order valence-electron chi connectivity index (χ2n) is 9.77. The standard InChI is InChI=1S/C32H31BrClN3O4S/c1-23-11-17-29(18-12-23)42(40,41)37(28-10-6-9-26(33)20-28)22-31(38)36(21-25-13-15-27(34)16-14-25)30(32(39)35-2)19-24-7-4-3-5-8-24/h3-18,20,30H,19,21-22H2,1-2H3,(H,35,39). The third kappa shape index (κ3) is 7.79. The van der Waals surface area contributed by atoms with Gasteiger partial charge in [-0.05, 0) is 60.5 Å². The molecule has 0 bridgehead atoms. The Kier molecular flexibility index (Phi) is 10.4. The summed E-state index contributed by atoms with van der Waals surface area (Å²) in [4.78, 5) is 29.1. The number of nitrogens with zero attached hydrogens (tertiary/aromatic N) is 2. The molecule has 0 saturated heterocycles. The molecule has 0 aromatic heterocycles. The van der Waals surface area contributed by atoms with E-state index in [1.807, 2.05) is 37.3 Å². The Balaban J connectivity index is 1.78. The van der Waals surface area contributed by atoms with Crippen LogP contribution in [0.1, 0.15) is 16.7 Å². The molecule has 0 saturated carbocycles. The van der Waals surface area contributed by atoms with Crippen LogP contribution in [0.4, 0.5) is 5.69 Å². The number of carbonyl (C=O) groups excluding carboxylic acids is 2. The summed E-state index contributed by atoms with van der Waals surface area (Å²) in [5.41, 5.74) is 2.81. The van der Waals surface area contributed by atoms with E-state index in [1.54, 1.807) is 60.7 Å². The topological polar surface area (TPSA) is 86.8 Å². The van der Waals surface area contributed by atoms with E-state index in [1.165, 1.54) is 24.1 Å². The minimum atomic E-state index is -4.16. The fourth-order valence-electron chi connectivity index (χ4n) is 4.50. The highest BCUT2D eigenvalue weighted by atomic mass is 79.9. The summed E-state index contributed by atoms with van der Waals surface area (Å²) in [6, 6.07) is 28.7. The SMILES string of the molecule is CNC(=O)C(Cc1ccccc1)N(Cc1ccc(Cl)cc1)C(=O)CN(c1cccc(Br)c1)S(=O)(=O)c1ccc(C)cc1. The lowest BCUT2D eigenvalue weighted by atomic mass is 10.0. The van der Waals surface area contributed by atoms with Crippen LogP contribution in [0.2, 0.25) is 5.02 Å². The molecule has 4 aromatic rings. The first-order chi connectivity index (χ1) is 20.1. The fraction of sp³-hybridized carbons (Fsp3) is 0.188. The van der Waals surface area contributed by atoms with Crippen LogP contribution in [-0.4, -0.2) is 44.8 Å². The number of hydrogen-bond donors (Lipinski definition) is 1. The summed E-state index contributed by atoms with van der Waals surface area (Å²) in [5, 5.41) is 3.21. The summed E-state index contributed by atoms with van der Waals surface area (Å²) in [7, 11) is -2.64. The monoisotopic (exact) mass is 667 g/mol. The average molecular weight is 669 g/mol. The van der Waals surface area contributed by atoms with E-state index in [0.29, 0.717) is 15.2 Å². The van der Waals surface area contributed by atoms with E-state index in [9.17, 15) is 18.0 Å². The smallest absolute Gasteiger partial charge is 0.264 e. The zero-order chi connectivity index (χ0) is 30.3. The number of rotatable bonds is 11. The lowest BCUT2D eigenvalue weighted by molar-refractivity contribution is -0.139. The van der Waals surface area contributed by atoms with Crippen molar-refractivity contribution < 1.29 is 18.0 Å². The summed E-state index contributed by atoms with van der Waals surface area (Å²) in [5.74, 6) is -0.901. The van der Waals surface area contributed by atoms with Crippen molar-refractivity contribution in [3.8, 4) is 0 Å². The van der Waals surface area contributed by atoms with Gasteiger partial charge in [-0.1, -0.05) is 93.8 Å². The fourth-order valence-corrected chi connectivity index (χ4v) is 6.42. The van der Waals surface area contributed by atoms with E-state index in [-0.39, 0.29) is 23.8 Å². The quantitative estimate of drug-likeness (QED) is 0.213. The number of aryl methyl sites for hydroxylation is 1. The van der Waals surface area contributed by atoms with Crippen LogP contribution in [0.25, 0.3) is 0 Å². The van der Waals surface area contributed by atoms with Gasteiger partial charge in [0.15, 0.2) is 0 Å². The lowest BCUT2D eigenvalue weighted by Gasteiger charge is -2.33. The van der Waals surface area contributed by atoms with Gasteiger partial charge >= 0.3 is 0 Å². The van der Waals surface area contributed by atoms with Crippen LogP contribution < -0.4 is 9.62 Å². The number of hydrogen-bond acceptors (Lipinski definition) is 4. The van der Waals surface area contributed by atoms with Crippen molar-refractivity contribution in [3.63, 3.8) is 0 Å². The van der Waals surface area contributed by atoms with E-state index < -0.39 is 28.5 Å². The average Bonchev–Trinajstić information content (AvgIpc) is 2.98. The maximum absolute atomic E-state index is 14.3. The number of carbonyl (C=O) groups is 2. The van der Waals surface area contributed by atoms with Gasteiger partial charge in [0.25, 0.3) is 10.0 Å². The molecule has 0 aliphatic heterocycles. The van der Waals surface area contributed by atoms with Gasteiger partial charge in [0.05, 0.1) is 10.6 Å². The molecule has 2 amide bonds. The molecule has 1 atom stereocenters. The lowest BCUT2D eigenvalue weighted by Crippen LogP contribution is -2.53. The van der Waals surface area contributed by atoms with Crippen LogP contribution in [0.5, 0.6) is 0 Å². The minimum absolute atomic E-state index is 0.0530. The molecule has 0 fully saturated rings. The van der Waals surface area contributed by atoms with Crippen molar-refractivity contribution >= 4 is 55.1 Å². The number of sulfonamides is 1. The predicted octanol–water partition coefficient (Wildman–Crippen LogP) is 5.99. The number of benzene rings is 4. The van der Waals surface area contributed by atoms with Crippen molar-refractivity contribution in [3.05, 3.63) is 129 Å². The molecule has 0 spiro atoms. The summed E-state index contributed by atoms with van der Waals surface area (Å²) in [6.07, 6.45) is 0.238. The van der Waals surface area contributed by atoms with Gasteiger partial charge in [0.2, 0.25) is 11.8 Å². The molecule has 218 valence electrons. The molecule has 0 aliphatic carbocycles. The molecule has 7 nitrogen and oxygen atoms in total. The summed E-state index contributed by atoms with van der Waals surface area (Å²) < 4.78 is 29.8. The van der Waals surface area contributed by atoms with Gasteiger partial charge in [-0.25, -0.2) is 8.42 Å². The zero-order valence-electron chi connectivity index (χ0n) is 23.2. The maximum Gasteiger partial charge on any atom is 0.264 e. The molecule has 1 unspecified atom stereocenters. The number of nitrogens with one attached hydrogen (secondary N) is 1. The molecule has 0 heterocycles. The predicted molar refractivity (Wildman–Crippen MR) is 170 cm³/mol. The number of amides is 2. The number of halogens is 2. The summed E-state index contributed by atoms with van der Waals surface area (Å²) >= 11 is 9.52. The van der Waals surface area contributed by atoms with Crippen LogP contribution in [0, 0.1) is 6.92 Å². The molecule has 0 radical (unpaired) electrons. The third-order valence-corrected chi connectivity index (χ3v) is 9.30. The molecule has 42 heavy (non-hydrogen) atoms. The Bertz CT molecular complexity index is 1630. The van der Waals surface area contributed by atoms with Gasteiger partial charge in [-0.2, -0.15) is 0 Å². The highest BCUT2D eigenvalue weighted by Gasteiger charge is 2.34. The van der Waals surface area contributed by atoms with Gasteiger partial charge < -0.3 is 10.2 Å². The Hall–Kier alpha value is -3.66. The molecule has 0 aliphatic rings. The first-order valence-electron chi connectivity index (χ1n) is 13.2. The second-order valence-corrected chi connectivity index (χ2v) is 13.0.